The Bertz CT molecular complexity index is 251. The summed E-state index contributed by atoms with van der Waals surface area (Å²) in [5.74, 6) is 0. The Labute approximate surface area is 85.2 Å². The summed E-state index contributed by atoms with van der Waals surface area (Å²) in [7, 11) is 3.21. The van der Waals surface area contributed by atoms with Gasteiger partial charge in [0.1, 0.15) is 0 Å². The number of pyridine rings is 1. The average Bonchev–Trinajstić information content (AvgIpc) is 2.07. The molecule has 0 saturated carbocycles. The predicted octanol–water partition coefficient (Wildman–Crippen LogP) is 1.98. The first-order chi connectivity index (χ1) is 5.77. The van der Waals surface area contributed by atoms with Crippen LogP contribution in [0.15, 0.2) is 18.5 Å². The maximum atomic E-state index is 5.07. The molecule has 0 atom stereocenters. The molecule has 4 heteroatoms. The van der Waals surface area contributed by atoms with Crippen LogP contribution in [0.3, 0.4) is 0 Å². The van der Waals surface area contributed by atoms with E-state index in [1.54, 1.807) is 26.6 Å². The van der Waals surface area contributed by atoms with Gasteiger partial charge in [0.25, 0.3) is 0 Å². The number of halogens is 1. The van der Waals surface area contributed by atoms with Crippen LogP contribution >= 0.6 is 22.6 Å². The van der Waals surface area contributed by atoms with E-state index in [1.807, 2.05) is 6.07 Å². The summed E-state index contributed by atoms with van der Waals surface area (Å²) in [5.41, 5.74) is 0.937. The normalized spacial score (nSPS) is 10.7. The molecule has 1 aromatic heterocycles. The first-order valence-corrected chi connectivity index (χ1v) is 4.52. The van der Waals surface area contributed by atoms with Crippen LogP contribution in [-0.4, -0.2) is 19.2 Å². The molecule has 0 aliphatic rings. The van der Waals surface area contributed by atoms with Crippen molar-refractivity contribution < 1.29 is 9.47 Å². The zero-order valence-electron chi connectivity index (χ0n) is 6.95. The number of ether oxygens (including phenoxy) is 2. The van der Waals surface area contributed by atoms with E-state index in [0.717, 1.165) is 9.13 Å². The van der Waals surface area contributed by atoms with Crippen LogP contribution in [0.1, 0.15) is 11.9 Å². The van der Waals surface area contributed by atoms with Crippen LogP contribution in [0.4, 0.5) is 0 Å². The molecule has 0 aliphatic heterocycles. The van der Waals surface area contributed by atoms with E-state index >= 15 is 0 Å². The molecule has 0 radical (unpaired) electrons. The van der Waals surface area contributed by atoms with E-state index in [1.165, 1.54) is 0 Å². The Kier molecular flexibility index (Phi) is 3.90. The fraction of sp³-hybridized carbons (Fsp3) is 0.375. The minimum absolute atomic E-state index is 0.313. The molecule has 0 aliphatic carbocycles. The molecule has 0 bridgehead atoms. The van der Waals surface area contributed by atoms with Crippen LogP contribution in [-0.2, 0) is 9.47 Å². The summed E-state index contributed by atoms with van der Waals surface area (Å²) in [6, 6.07) is 1.98. The molecule has 0 spiro atoms. The van der Waals surface area contributed by atoms with Gasteiger partial charge in [-0.3, -0.25) is 4.98 Å². The first-order valence-electron chi connectivity index (χ1n) is 3.44. The van der Waals surface area contributed by atoms with Crippen molar-refractivity contribution in [3.05, 3.63) is 27.6 Å². The van der Waals surface area contributed by atoms with Crippen LogP contribution in [0, 0.1) is 3.57 Å². The van der Waals surface area contributed by atoms with Crippen LogP contribution in [0.2, 0.25) is 0 Å². The van der Waals surface area contributed by atoms with Gasteiger partial charge in [-0.2, -0.15) is 0 Å². The van der Waals surface area contributed by atoms with Crippen molar-refractivity contribution in [1.82, 2.24) is 4.98 Å². The second kappa shape index (κ2) is 4.74. The summed E-state index contributed by atoms with van der Waals surface area (Å²) in [6.07, 6.45) is 3.21. The Balaban J connectivity index is 2.85. The molecular weight excluding hydrogens is 269 g/mol. The van der Waals surface area contributed by atoms with Crippen LogP contribution in [0.25, 0.3) is 0 Å². The first kappa shape index (κ1) is 9.88. The van der Waals surface area contributed by atoms with Gasteiger partial charge in [-0.05, 0) is 28.7 Å². The fourth-order valence-corrected chi connectivity index (χ4v) is 1.45. The van der Waals surface area contributed by atoms with Gasteiger partial charge in [-0.25, -0.2) is 0 Å². The Morgan fingerprint density at radius 2 is 2.00 bits per heavy atom. The molecule has 1 aromatic rings. The van der Waals surface area contributed by atoms with Crippen molar-refractivity contribution in [3.63, 3.8) is 0 Å². The maximum Gasteiger partial charge on any atom is 0.184 e. The van der Waals surface area contributed by atoms with E-state index in [-0.39, 0.29) is 6.29 Å². The number of hydrogen-bond donors (Lipinski definition) is 0. The largest absolute Gasteiger partial charge is 0.352 e. The van der Waals surface area contributed by atoms with Gasteiger partial charge in [0.05, 0.1) is 0 Å². The zero-order chi connectivity index (χ0) is 8.97. The molecule has 0 amide bonds. The molecular formula is C8H10INO2. The molecule has 1 rings (SSSR count). The second-order valence-electron chi connectivity index (χ2n) is 2.24. The van der Waals surface area contributed by atoms with Crippen molar-refractivity contribution in [2.75, 3.05) is 14.2 Å². The van der Waals surface area contributed by atoms with E-state index < -0.39 is 0 Å². The van der Waals surface area contributed by atoms with Gasteiger partial charge in [0.15, 0.2) is 6.29 Å². The minimum Gasteiger partial charge on any atom is -0.352 e. The van der Waals surface area contributed by atoms with Crippen molar-refractivity contribution >= 4 is 22.6 Å². The highest BCUT2D eigenvalue weighted by Crippen LogP contribution is 2.17. The monoisotopic (exact) mass is 279 g/mol. The van der Waals surface area contributed by atoms with Crippen molar-refractivity contribution in [2.45, 2.75) is 6.29 Å². The lowest BCUT2D eigenvalue weighted by Crippen LogP contribution is -2.04. The summed E-state index contributed by atoms with van der Waals surface area (Å²) >= 11 is 2.20. The van der Waals surface area contributed by atoms with Crippen molar-refractivity contribution in [2.24, 2.45) is 0 Å². The molecule has 12 heavy (non-hydrogen) atoms. The standard InChI is InChI=1S/C8H10INO2/c1-11-8(12-2)6-3-7(9)5-10-4-6/h3-5,8H,1-2H3. The molecule has 0 aromatic carbocycles. The highest BCUT2D eigenvalue weighted by molar-refractivity contribution is 14.1. The van der Waals surface area contributed by atoms with E-state index in [4.69, 9.17) is 9.47 Å². The van der Waals surface area contributed by atoms with E-state index in [2.05, 4.69) is 27.6 Å². The van der Waals surface area contributed by atoms with Gasteiger partial charge < -0.3 is 9.47 Å². The van der Waals surface area contributed by atoms with Gasteiger partial charge in [0.2, 0.25) is 0 Å². The summed E-state index contributed by atoms with van der Waals surface area (Å²) in [4.78, 5) is 4.03. The number of aromatic nitrogens is 1. The summed E-state index contributed by atoms with van der Waals surface area (Å²) in [6.45, 7) is 0. The lowest BCUT2D eigenvalue weighted by atomic mass is 10.3. The molecule has 0 unspecified atom stereocenters. The van der Waals surface area contributed by atoms with E-state index in [9.17, 15) is 0 Å². The Hall–Kier alpha value is -0.200. The van der Waals surface area contributed by atoms with E-state index in [0.29, 0.717) is 0 Å². The average molecular weight is 279 g/mol. The van der Waals surface area contributed by atoms with Crippen molar-refractivity contribution in [3.8, 4) is 0 Å². The molecule has 66 valence electrons. The summed E-state index contributed by atoms with van der Waals surface area (Å²) < 4.78 is 11.2. The predicted molar refractivity (Wildman–Crippen MR) is 53.7 cm³/mol. The molecule has 0 saturated heterocycles. The maximum absolute atomic E-state index is 5.07. The quantitative estimate of drug-likeness (QED) is 0.626. The third-order valence-corrected chi connectivity index (χ3v) is 2.02. The number of rotatable bonds is 3. The SMILES string of the molecule is COC(OC)c1cncc(I)c1. The highest BCUT2D eigenvalue weighted by atomic mass is 127. The van der Waals surface area contributed by atoms with Crippen LogP contribution in [0.5, 0.6) is 0 Å². The lowest BCUT2D eigenvalue weighted by molar-refractivity contribution is -0.106. The van der Waals surface area contributed by atoms with Crippen LogP contribution < -0.4 is 0 Å². The topological polar surface area (TPSA) is 31.4 Å². The van der Waals surface area contributed by atoms with Crippen molar-refractivity contribution in [1.29, 1.82) is 0 Å². The zero-order valence-corrected chi connectivity index (χ0v) is 9.11. The number of methoxy groups -OCH3 is 2. The van der Waals surface area contributed by atoms with Gasteiger partial charge in [0, 0.05) is 35.7 Å². The summed E-state index contributed by atoms with van der Waals surface area (Å²) in [5, 5.41) is 0. The highest BCUT2D eigenvalue weighted by Gasteiger charge is 2.08. The fourth-order valence-electron chi connectivity index (χ4n) is 0.926. The molecule has 1 heterocycles. The number of nitrogens with zero attached hydrogens (tertiary/aromatic N) is 1. The molecule has 3 nitrogen and oxygen atoms in total. The molecule has 0 N–H and O–H groups in total. The van der Waals surface area contributed by atoms with Gasteiger partial charge in [-0.15, -0.1) is 0 Å². The smallest absolute Gasteiger partial charge is 0.184 e. The third-order valence-electron chi connectivity index (χ3n) is 1.43. The lowest BCUT2D eigenvalue weighted by Gasteiger charge is -2.12. The second-order valence-corrected chi connectivity index (χ2v) is 3.49. The number of hydrogen-bond acceptors (Lipinski definition) is 3. The minimum atomic E-state index is -0.313. The Morgan fingerprint density at radius 1 is 1.33 bits per heavy atom. The van der Waals surface area contributed by atoms with Gasteiger partial charge >= 0.3 is 0 Å². The molecule has 0 fully saturated rings. The Morgan fingerprint density at radius 3 is 2.50 bits per heavy atom. The third kappa shape index (κ3) is 2.40. The van der Waals surface area contributed by atoms with Gasteiger partial charge in [-0.1, -0.05) is 0 Å².